The van der Waals surface area contributed by atoms with E-state index in [1.165, 1.54) is 25.7 Å². The number of rotatable bonds is 4. The fraction of sp³-hybridized carbons (Fsp3) is 0.923. The van der Waals surface area contributed by atoms with Gasteiger partial charge in [-0.05, 0) is 32.1 Å². The van der Waals surface area contributed by atoms with Crippen LogP contribution in [-0.4, -0.2) is 11.6 Å². The summed E-state index contributed by atoms with van der Waals surface area (Å²) in [4.78, 5) is 11.7. The molecule has 0 saturated heterocycles. The quantitative estimate of drug-likeness (QED) is 0.666. The average molecular weight is 212 g/mol. The molecule has 0 aromatic carbocycles. The van der Waals surface area contributed by atoms with E-state index in [0.29, 0.717) is 5.92 Å². The number of carbonyl (C=O) groups is 1. The molecule has 0 amide bonds. The summed E-state index contributed by atoms with van der Waals surface area (Å²) in [5.74, 6) is 0.508. The summed E-state index contributed by atoms with van der Waals surface area (Å²) in [6.45, 7) is 8.01. The van der Waals surface area contributed by atoms with E-state index in [4.69, 9.17) is 4.74 Å². The molecular formula is C13H24O2. The number of hydrogen-bond acceptors (Lipinski definition) is 2. The molecule has 1 unspecified atom stereocenters. The van der Waals surface area contributed by atoms with Crippen LogP contribution < -0.4 is 0 Å². The van der Waals surface area contributed by atoms with E-state index >= 15 is 0 Å². The predicted octanol–water partition coefficient (Wildman–Crippen LogP) is 3.54. The molecule has 1 saturated carbocycles. The van der Waals surface area contributed by atoms with Crippen LogP contribution >= 0.6 is 0 Å². The van der Waals surface area contributed by atoms with Crippen LogP contribution in [0, 0.1) is 11.8 Å². The molecule has 1 aliphatic rings. The molecule has 0 aromatic rings. The van der Waals surface area contributed by atoms with Crippen LogP contribution in [0.25, 0.3) is 0 Å². The Labute approximate surface area is 93.4 Å². The van der Waals surface area contributed by atoms with Gasteiger partial charge in [0.05, 0.1) is 5.92 Å². The Hall–Kier alpha value is -0.530. The van der Waals surface area contributed by atoms with E-state index in [9.17, 15) is 4.79 Å². The van der Waals surface area contributed by atoms with E-state index in [-0.39, 0.29) is 17.5 Å². The molecule has 0 N–H and O–H groups in total. The molecule has 0 aromatic heterocycles. The van der Waals surface area contributed by atoms with Crippen molar-refractivity contribution in [2.24, 2.45) is 11.8 Å². The molecule has 1 aliphatic carbocycles. The maximum atomic E-state index is 11.7. The highest BCUT2D eigenvalue weighted by Gasteiger charge is 2.38. The van der Waals surface area contributed by atoms with Gasteiger partial charge in [-0.15, -0.1) is 0 Å². The lowest BCUT2D eigenvalue weighted by atomic mass is 9.85. The summed E-state index contributed by atoms with van der Waals surface area (Å²) in [6.07, 6.45) is 5.94. The van der Waals surface area contributed by atoms with Crippen molar-refractivity contribution in [1.82, 2.24) is 0 Å². The first-order chi connectivity index (χ1) is 6.99. The SMILES string of the molecule is CCC(C)(OC(=O)C(C)C)C1CCCC1. The minimum absolute atomic E-state index is 0.0164. The van der Waals surface area contributed by atoms with E-state index in [1.54, 1.807) is 0 Å². The smallest absolute Gasteiger partial charge is 0.308 e. The fourth-order valence-electron chi connectivity index (χ4n) is 2.33. The Bertz CT molecular complexity index is 217. The first kappa shape index (κ1) is 12.5. The van der Waals surface area contributed by atoms with Crippen molar-refractivity contribution in [1.29, 1.82) is 0 Å². The Balaban J connectivity index is 2.62. The van der Waals surface area contributed by atoms with Gasteiger partial charge in [-0.2, -0.15) is 0 Å². The molecule has 2 heteroatoms. The van der Waals surface area contributed by atoms with Gasteiger partial charge in [-0.3, -0.25) is 4.79 Å². The van der Waals surface area contributed by atoms with Crippen molar-refractivity contribution in [2.45, 2.75) is 65.4 Å². The van der Waals surface area contributed by atoms with Crippen molar-refractivity contribution in [3.8, 4) is 0 Å². The normalized spacial score (nSPS) is 21.7. The molecular weight excluding hydrogens is 188 g/mol. The van der Waals surface area contributed by atoms with Gasteiger partial charge in [0.25, 0.3) is 0 Å². The molecule has 0 bridgehead atoms. The van der Waals surface area contributed by atoms with Crippen LogP contribution in [0.5, 0.6) is 0 Å². The molecule has 2 nitrogen and oxygen atoms in total. The second-order valence-corrected chi connectivity index (χ2v) is 5.22. The highest BCUT2D eigenvalue weighted by atomic mass is 16.6. The number of carbonyl (C=O) groups excluding carboxylic acids is 1. The summed E-state index contributed by atoms with van der Waals surface area (Å²) < 4.78 is 5.69. The molecule has 1 rings (SSSR count). The fourth-order valence-corrected chi connectivity index (χ4v) is 2.33. The molecule has 15 heavy (non-hydrogen) atoms. The first-order valence-corrected chi connectivity index (χ1v) is 6.22. The van der Waals surface area contributed by atoms with Crippen LogP contribution in [0.2, 0.25) is 0 Å². The van der Waals surface area contributed by atoms with Crippen molar-refractivity contribution in [3.63, 3.8) is 0 Å². The van der Waals surface area contributed by atoms with E-state index < -0.39 is 0 Å². The summed E-state index contributed by atoms with van der Waals surface area (Å²) in [6, 6.07) is 0. The summed E-state index contributed by atoms with van der Waals surface area (Å²) in [5.41, 5.74) is -0.224. The third-order valence-corrected chi connectivity index (χ3v) is 3.73. The van der Waals surface area contributed by atoms with E-state index in [2.05, 4.69) is 13.8 Å². The van der Waals surface area contributed by atoms with Gasteiger partial charge >= 0.3 is 5.97 Å². The Morgan fingerprint density at radius 2 is 1.93 bits per heavy atom. The zero-order chi connectivity index (χ0) is 11.5. The monoisotopic (exact) mass is 212 g/mol. The largest absolute Gasteiger partial charge is 0.459 e. The number of ether oxygens (including phenoxy) is 1. The van der Waals surface area contributed by atoms with Crippen molar-refractivity contribution in [2.75, 3.05) is 0 Å². The minimum atomic E-state index is -0.224. The summed E-state index contributed by atoms with van der Waals surface area (Å²) in [5, 5.41) is 0. The van der Waals surface area contributed by atoms with Crippen LogP contribution in [0.15, 0.2) is 0 Å². The summed E-state index contributed by atoms with van der Waals surface area (Å²) >= 11 is 0. The maximum absolute atomic E-state index is 11.7. The molecule has 0 spiro atoms. The van der Waals surface area contributed by atoms with Gasteiger partial charge < -0.3 is 4.74 Å². The van der Waals surface area contributed by atoms with Gasteiger partial charge in [0.1, 0.15) is 5.60 Å². The molecule has 1 fully saturated rings. The maximum Gasteiger partial charge on any atom is 0.308 e. The zero-order valence-corrected chi connectivity index (χ0v) is 10.5. The summed E-state index contributed by atoms with van der Waals surface area (Å²) in [7, 11) is 0. The minimum Gasteiger partial charge on any atom is -0.459 e. The van der Waals surface area contributed by atoms with Crippen LogP contribution in [-0.2, 0) is 9.53 Å². The Kier molecular flexibility index (Phi) is 4.18. The highest BCUT2D eigenvalue weighted by Crippen LogP contribution is 2.38. The van der Waals surface area contributed by atoms with Crippen molar-refractivity contribution in [3.05, 3.63) is 0 Å². The zero-order valence-electron chi connectivity index (χ0n) is 10.5. The highest BCUT2D eigenvalue weighted by molar-refractivity contribution is 5.72. The van der Waals surface area contributed by atoms with Crippen LogP contribution in [0.4, 0.5) is 0 Å². The van der Waals surface area contributed by atoms with Crippen molar-refractivity contribution < 1.29 is 9.53 Å². The van der Waals surface area contributed by atoms with Crippen molar-refractivity contribution >= 4 is 5.97 Å². The second kappa shape index (κ2) is 5.00. The molecule has 0 heterocycles. The molecule has 0 radical (unpaired) electrons. The third-order valence-electron chi connectivity index (χ3n) is 3.73. The number of esters is 1. The van der Waals surface area contributed by atoms with Gasteiger partial charge in [0.2, 0.25) is 0 Å². The lowest BCUT2D eigenvalue weighted by Crippen LogP contribution is -2.39. The first-order valence-electron chi connectivity index (χ1n) is 6.22. The van der Waals surface area contributed by atoms with E-state index in [0.717, 1.165) is 6.42 Å². The third kappa shape index (κ3) is 2.96. The van der Waals surface area contributed by atoms with Gasteiger partial charge in [-0.1, -0.05) is 33.6 Å². The molecule has 88 valence electrons. The topological polar surface area (TPSA) is 26.3 Å². The van der Waals surface area contributed by atoms with Gasteiger partial charge in [0, 0.05) is 0 Å². The second-order valence-electron chi connectivity index (χ2n) is 5.22. The molecule has 0 aliphatic heterocycles. The van der Waals surface area contributed by atoms with Gasteiger partial charge in [-0.25, -0.2) is 0 Å². The lowest BCUT2D eigenvalue weighted by Gasteiger charge is -2.35. The standard InChI is InChI=1S/C13H24O2/c1-5-13(4,11-8-6-7-9-11)15-12(14)10(2)3/h10-11H,5-9H2,1-4H3. The Morgan fingerprint density at radius 1 is 1.40 bits per heavy atom. The van der Waals surface area contributed by atoms with E-state index in [1.807, 2.05) is 13.8 Å². The average Bonchev–Trinajstić information content (AvgIpc) is 2.70. The molecule has 1 atom stereocenters. The van der Waals surface area contributed by atoms with Gasteiger partial charge in [0.15, 0.2) is 0 Å². The number of hydrogen-bond donors (Lipinski definition) is 0. The lowest BCUT2D eigenvalue weighted by molar-refractivity contribution is -0.168. The van der Waals surface area contributed by atoms with Crippen LogP contribution in [0.1, 0.15) is 59.8 Å². The Morgan fingerprint density at radius 3 is 2.33 bits per heavy atom. The van der Waals surface area contributed by atoms with Crippen LogP contribution in [0.3, 0.4) is 0 Å². The predicted molar refractivity (Wildman–Crippen MR) is 61.6 cm³/mol.